The molecule has 2 aromatic heterocycles. The van der Waals surface area contributed by atoms with E-state index in [0.717, 1.165) is 49.1 Å². The van der Waals surface area contributed by atoms with Crippen molar-refractivity contribution >= 4 is 17.3 Å². The number of hydrogen-bond acceptors (Lipinski definition) is 6. The number of thiophene rings is 1. The summed E-state index contributed by atoms with van der Waals surface area (Å²) in [5.41, 5.74) is 0.571. The Hall–Kier alpha value is -1.50. The number of piperidine rings is 1. The predicted molar refractivity (Wildman–Crippen MR) is 127 cm³/mol. The molecule has 0 amide bonds. The summed E-state index contributed by atoms with van der Waals surface area (Å²) < 4.78 is 0. The van der Waals surface area contributed by atoms with Crippen molar-refractivity contribution in [1.29, 1.82) is 0 Å². The maximum absolute atomic E-state index is 10.6. The summed E-state index contributed by atoms with van der Waals surface area (Å²) in [4.78, 5) is 11.7. The molecule has 0 aromatic carbocycles. The first-order valence-electron chi connectivity index (χ1n) is 11.2. The maximum Gasteiger partial charge on any atom is 0.223 e. The molecule has 5 nitrogen and oxygen atoms in total. The molecule has 2 aromatic rings. The molecule has 1 aliphatic rings. The molecular weight excluding hydrogens is 392 g/mol. The van der Waals surface area contributed by atoms with E-state index in [1.54, 1.807) is 11.3 Å². The number of aliphatic hydroxyl groups is 1. The average Bonchev–Trinajstić information content (AvgIpc) is 3.13. The van der Waals surface area contributed by atoms with Gasteiger partial charge in [0.1, 0.15) is 0 Å². The third-order valence-electron chi connectivity index (χ3n) is 6.25. The molecule has 6 heteroatoms. The predicted octanol–water partition coefficient (Wildman–Crippen LogP) is 5.41. The van der Waals surface area contributed by atoms with E-state index in [1.165, 1.54) is 4.88 Å². The Kier molecular flexibility index (Phi) is 6.90. The summed E-state index contributed by atoms with van der Waals surface area (Å²) in [7, 11) is 0. The Morgan fingerprint density at radius 2 is 1.80 bits per heavy atom. The van der Waals surface area contributed by atoms with Gasteiger partial charge in [0.15, 0.2) is 0 Å². The minimum atomic E-state index is -0.549. The van der Waals surface area contributed by atoms with Gasteiger partial charge < -0.3 is 15.7 Å². The first kappa shape index (κ1) is 23.2. The molecule has 3 heterocycles. The molecule has 0 aliphatic carbocycles. The van der Waals surface area contributed by atoms with E-state index in [1.807, 2.05) is 12.3 Å². The molecule has 0 spiro atoms. The minimum Gasteiger partial charge on any atom is -0.390 e. The van der Waals surface area contributed by atoms with Gasteiger partial charge in [-0.25, -0.2) is 9.97 Å². The lowest BCUT2D eigenvalue weighted by atomic mass is 9.80. The molecule has 1 saturated heterocycles. The lowest BCUT2D eigenvalue weighted by Crippen LogP contribution is -2.60. The fourth-order valence-corrected chi connectivity index (χ4v) is 5.76. The quantitative estimate of drug-likeness (QED) is 0.522. The van der Waals surface area contributed by atoms with Gasteiger partial charge in [-0.3, -0.25) is 0 Å². The van der Waals surface area contributed by atoms with Crippen LogP contribution >= 0.6 is 11.3 Å². The van der Waals surface area contributed by atoms with E-state index in [9.17, 15) is 5.11 Å². The van der Waals surface area contributed by atoms with Crippen LogP contribution in [0, 0.1) is 0 Å². The highest BCUT2D eigenvalue weighted by molar-refractivity contribution is 7.15. The second-order valence-electron chi connectivity index (χ2n) is 10.1. The largest absolute Gasteiger partial charge is 0.390 e. The summed E-state index contributed by atoms with van der Waals surface area (Å²) in [6.45, 7) is 13.1. The standard InChI is InChI=1S/C24H38N4OS/c1-7-24(29,8-2)13-11-18-9-10-20(30-18)19-12-14-25-21(27-19)26-17-15-22(3,4)28-23(5,6)16-17/h9-10,12,14,17,28-29H,7-8,11,13,15-16H2,1-6H3,(H,25,26,27). The van der Waals surface area contributed by atoms with Crippen molar-refractivity contribution < 1.29 is 5.11 Å². The zero-order valence-electron chi connectivity index (χ0n) is 19.4. The van der Waals surface area contributed by atoms with Crippen LogP contribution in [0.1, 0.15) is 78.5 Å². The van der Waals surface area contributed by atoms with Crippen LogP contribution in [0.3, 0.4) is 0 Å². The Morgan fingerprint density at radius 1 is 1.13 bits per heavy atom. The summed E-state index contributed by atoms with van der Waals surface area (Å²) in [6.07, 6.45) is 7.21. The number of nitrogens with one attached hydrogen (secondary N) is 2. The van der Waals surface area contributed by atoms with Gasteiger partial charge in [0.25, 0.3) is 0 Å². The van der Waals surface area contributed by atoms with Crippen LogP contribution in [-0.4, -0.2) is 37.8 Å². The zero-order valence-corrected chi connectivity index (χ0v) is 20.2. The highest BCUT2D eigenvalue weighted by atomic mass is 32.1. The van der Waals surface area contributed by atoms with Gasteiger partial charge in [0.2, 0.25) is 5.95 Å². The topological polar surface area (TPSA) is 70.1 Å². The molecule has 0 unspecified atom stereocenters. The minimum absolute atomic E-state index is 0.0819. The van der Waals surface area contributed by atoms with Gasteiger partial charge in [-0.2, -0.15) is 0 Å². The Labute approximate surface area is 185 Å². The molecule has 0 bridgehead atoms. The second kappa shape index (κ2) is 8.93. The average molecular weight is 431 g/mol. The van der Waals surface area contributed by atoms with E-state index >= 15 is 0 Å². The first-order chi connectivity index (χ1) is 14.0. The number of anilines is 1. The van der Waals surface area contributed by atoms with Crippen LogP contribution in [-0.2, 0) is 6.42 Å². The number of rotatable bonds is 8. The summed E-state index contributed by atoms with van der Waals surface area (Å²) >= 11 is 1.76. The Balaban J connectivity index is 1.68. The normalized spacial score (nSPS) is 19.0. The van der Waals surface area contributed by atoms with Crippen molar-refractivity contribution in [3.63, 3.8) is 0 Å². The number of aromatic nitrogens is 2. The van der Waals surface area contributed by atoms with Gasteiger partial charge in [-0.05, 0) is 84.4 Å². The molecule has 30 heavy (non-hydrogen) atoms. The summed E-state index contributed by atoms with van der Waals surface area (Å²) in [5, 5.41) is 17.9. The van der Waals surface area contributed by atoms with Crippen LogP contribution in [0.4, 0.5) is 5.95 Å². The summed E-state index contributed by atoms with van der Waals surface area (Å²) in [5.74, 6) is 0.701. The van der Waals surface area contributed by atoms with Crippen LogP contribution in [0.2, 0.25) is 0 Å². The molecule has 0 radical (unpaired) electrons. The SMILES string of the molecule is CCC(O)(CC)CCc1ccc(-c2ccnc(NC3CC(C)(C)NC(C)(C)C3)n2)s1. The number of aryl methyl sites for hydroxylation is 1. The molecule has 3 N–H and O–H groups in total. The molecule has 0 saturated carbocycles. The first-order valence-corrected chi connectivity index (χ1v) is 12.1. The van der Waals surface area contributed by atoms with Crippen molar-refractivity contribution in [3.8, 4) is 10.6 Å². The van der Waals surface area contributed by atoms with Crippen LogP contribution in [0.15, 0.2) is 24.4 Å². The number of nitrogens with zero attached hydrogens (tertiary/aromatic N) is 2. The molecule has 1 aliphatic heterocycles. The van der Waals surface area contributed by atoms with Gasteiger partial charge >= 0.3 is 0 Å². The third kappa shape index (κ3) is 6.02. The highest BCUT2D eigenvalue weighted by Gasteiger charge is 2.37. The van der Waals surface area contributed by atoms with Crippen molar-refractivity contribution in [1.82, 2.24) is 15.3 Å². The fourth-order valence-electron chi connectivity index (χ4n) is 4.78. The molecule has 1 fully saturated rings. The van der Waals surface area contributed by atoms with Crippen molar-refractivity contribution in [3.05, 3.63) is 29.3 Å². The van der Waals surface area contributed by atoms with Gasteiger partial charge in [0.05, 0.1) is 16.2 Å². The van der Waals surface area contributed by atoms with Crippen molar-refractivity contribution in [2.45, 2.75) is 103 Å². The van der Waals surface area contributed by atoms with Gasteiger partial charge in [-0.1, -0.05) is 13.8 Å². The lowest BCUT2D eigenvalue weighted by molar-refractivity contribution is 0.0241. The maximum atomic E-state index is 10.6. The van der Waals surface area contributed by atoms with Crippen LogP contribution < -0.4 is 10.6 Å². The monoisotopic (exact) mass is 430 g/mol. The fraction of sp³-hybridized carbons (Fsp3) is 0.667. The van der Waals surface area contributed by atoms with E-state index in [-0.39, 0.29) is 11.1 Å². The third-order valence-corrected chi connectivity index (χ3v) is 7.41. The van der Waals surface area contributed by atoms with Crippen molar-refractivity contribution in [2.24, 2.45) is 0 Å². The van der Waals surface area contributed by atoms with E-state index in [0.29, 0.717) is 12.0 Å². The summed E-state index contributed by atoms with van der Waals surface area (Å²) in [6, 6.07) is 6.62. The molecule has 3 rings (SSSR count). The molecule has 0 atom stereocenters. The zero-order chi connectivity index (χ0) is 22.0. The van der Waals surface area contributed by atoms with Gasteiger partial charge in [0, 0.05) is 28.2 Å². The van der Waals surface area contributed by atoms with E-state index < -0.39 is 5.60 Å². The van der Waals surface area contributed by atoms with Crippen LogP contribution in [0.25, 0.3) is 10.6 Å². The highest BCUT2D eigenvalue weighted by Crippen LogP contribution is 2.32. The molecule has 166 valence electrons. The second-order valence-corrected chi connectivity index (χ2v) is 11.3. The Morgan fingerprint density at radius 3 is 2.43 bits per heavy atom. The van der Waals surface area contributed by atoms with Gasteiger partial charge in [-0.15, -0.1) is 11.3 Å². The lowest BCUT2D eigenvalue weighted by Gasteiger charge is -2.46. The molecular formula is C24H38N4OS. The van der Waals surface area contributed by atoms with Crippen LogP contribution in [0.5, 0.6) is 0 Å². The Bertz CT molecular complexity index is 825. The van der Waals surface area contributed by atoms with E-state index in [4.69, 9.17) is 4.98 Å². The van der Waals surface area contributed by atoms with Crippen molar-refractivity contribution in [2.75, 3.05) is 5.32 Å². The van der Waals surface area contributed by atoms with E-state index in [2.05, 4.69) is 69.3 Å². The number of hydrogen-bond donors (Lipinski definition) is 3. The smallest absolute Gasteiger partial charge is 0.223 e.